The van der Waals surface area contributed by atoms with Crippen LogP contribution in [0.3, 0.4) is 0 Å². The van der Waals surface area contributed by atoms with Gasteiger partial charge in [0.15, 0.2) is 0 Å². The second-order valence-electron chi connectivity index (χ2n) is 4.52. The van der Waals surface area contributed by atoms with Crippen LogP contribution in [-0.2, 0) is 23.1 Å². The molecule has 7 nitrogen and oxygen atoms in total. The molecule has 0 aliphatic heterocycles. The van der Waals surface area contributed by atoms with Crippen LogP contribution in [0.5, 0.6) is 0 Å². The van der Waals surface area contributed by atoms with Crippen molar-refractivity contribution in [3.05, 3.63) is 54.0 Å². The summed E-state index contributed by atoms with van der Waals surface area (Å²) < 4.78 is 30.3. The summed E-state index contributed by atoms with van der Waals surface area (Å²) in [6.45, 7) is 0.679. The van der Waals surface area contributed by atoms with Gasteiger partial charge in [-0.1, -0.05) is 12.1 Å². The molecule has 2 amide bonds. The van der Waals surface area contributed by atoms with Gasteiger partial charge in [0, 0.05) is 18.7 Å². The Kier molecular flexibility index (Phi) is 5.18. The Morgan fingerprint density at radius 1 is 1.05 bits per heavy atom. The van der Waals surface area contributed by atoms with Crippen LogP contribution < -0.4 is 15.4 Å². The smallest absolute Gasteiger partial charge is 0.315 e. The summed E-state index contributed by atoms with van der Waals surface area (Å²) in [5, 5.41) is 5.37. The highest BCUT2D eigenvalue weighted by atomic mass is 32.2. The molecule has 2 rings (SSSR count). The zero-order valence-electron chi connectivity index (χ0n) is 12.0. The number of amides is 2. The standard InChI is InChI=1S/C14H17N3O4S/c1-15-22(19,20)13-4-2-11(3-5-13)8-16-14(18)17-9-12-6-7-21-10-12/h2-7,10,15H,8-9H2,1H3,(H2,16,17,18). The van der Waals surface area contributed by atoms with E-state index in [2.05, 4.69) is 15.4 Å². The Morgan fingerprint density at radius 3 is 2.23 bits per heavy atom. The van der Waals surface area contributed by atoms with Crippen LogP contribution >= 0.6 is 0 Å². The molecule has 8 heteroatoms. The molecule has 1 heterocycles. The molecule has 0 aliphatic rings. The van der Waals surface area contributed by atoms with Crippen LogP contribution in [0.4, 0.5) is 4.79 Å². The lowest BCUT2D eigenvalue weighted by atomic mass is 10.2. The molecule has 0 saturated carbocycles. The molecule has 3 N–H and O–H groups in total. The molecule has 0 atom stereocenters. The number of carbonyl (C=O) groups is 1. The minimum absolute atomic E-state index is 0.183. The molecule has 0 aliphatic carbocycles. The van der Waals surface area contributed by atoms with E-state index in [4.69, 9.17) is 4.42 Å². The number of rotatable bonds is 6. The van der Waals surface area contributed by atoms with Crippen molar-refractivity contribution in [1.82, 2.24) is 15.4 Å². The number of carbonyl (C=O) groups excluding carboxylic acids is 1. The highest BCUT2D eigenvalue weighted by Gasteiger charge is 2.10. The van der Waals surface area contributed by atoms with Gasteiger partial charge in [-0.25, -0.2) is 17.9 Å². The third-order valence-corrected chi connectivity index (χ3v) is 4.42. The summed E-state index contributed by atoms with van der Waals surface area (Å²) in [4.78, 5) is 11.8. The maximum Gasteiger partial charge on any atom is 0.315 e. The van der Waals surface area contributed by atoms with Crippen molar-refractivity contribution >= 4 is 16.1 Å². The fraction of sp³-hybridized carbons (Fsp3) is 0.214. The van der Waals surface area contributed by atoms with E-state index >= 15 is 0 Å². The second-order valence-corrected chi connectivity index (χ2v) is 6.41. The topological polar surface area (TPSA) is 100 Å². The van der Waals surface area contributed by atoms with E-state index in [1.165, 1.54) is 25.4 Å². The first-order valence-corrected chi connectivity index (χ1v) is 8.05. The third kappa shape index (κ3) is 4.34. The van der Waals surface area contributed by atoms with Crippen molar-refractivity contribution in [1.29, 1.82) is 0 Å². The van der Waals surface area contributed by atoms with Gasteiger partial charge in [-0.15, -0.1) is 0 Å². The normalized spacial score (nSPS) is 11.1. The highest BCUT2D eigenvalue weighted by molar-refractivity contribution is 7.89. The van der Waals surface area contributed by atoms with Crippen LogP contribution in [0, 0.1) is 0 Å². The average molecular weight is 323 g/mol. The summed E-state index contributed by atoms with van der Waals surface area (Å²) in [6.07, 6.45) is 3.09. The maximum absolute atomic E-state index is 11.6. The highest BCUT2D eigenvalue weighted by Crippen LogP contribution is 2.09. The number of hydrogen-bond acceptors (Lipinski definition) is 4. The van der Waals surface area contributed by atoms with Gasteiger partial charge in [0.1, 0.15) is 0 Å². The fourth-order valence-corrected chi connectivity index (χ4v) is 2.45. The largest absolute Gasteiger partial charge is 0.472 e. The summed E-state index contributed by atoms with van der Waals surface area (Å²) in [6, 6.07) is 7.74. The van der Waals surface area contributed by atoms with E-state index in [0.29, 0.717) is 13.1 Å². The first-order valence-electron chi connectivity index (χ1n) is 6.56. The first-order chi connectivity index (χ1) is 10.5. The molecular formula is C14H17N3O4S. The van der Waals surface area contributed by atoms with Gasteiger partial charge in [0.25, 0.3) is 0 Å². The Balaban J connectivity index is 1.82. The number of sulfonamides is 1. The zero-order valence-corrected chi connectivity index (χ0v) is 12.8. The zero-order chi connectivity index (χ0) is 16.0. The lowest BCUT2D eigenvalue weighted by molar-refractivity contribution is 0.240. The van der Waals surface area contributed by atoms with Gasteiger partial charge in [-0.2, -0.15) is 0 Å². The van der Waals surface area contributed by atoms with Crippen molar-refractivity contribution in [2.75, 3.05) is 7.05 Å². The van der Waals surface area contributed by atoms with Crippen LogP contribution in [0.15, 0.2) is 52.2 Å². The summed E-state index contributed by atoms with van der Waals surface area (Å²) in [7, 11) is -2.08. The average Bonchev–Trinajstić information content (AvgIpc) is 3.05. The van der Waals surface area contributed by atoms with Gasteiger partial charge in [0.2, 0.25) is 10.0 Å². The van der Waals surface area contributed by atoms with Gasteiger partial charge in [-0.05, 0) is 30.8 Å². The first kappa shape index (κ1) is 16.1. The number of nitrogens with one attached hydrogen (secondary N) is 3. The van der Waals surface area contributed by atoms with Crippen LogP contribution in [0.25, 0.3) is 0 Å². The van der Waals surface area contributed by atoms with E-state index in [0.717, 1.165) is 11.1 Å². The van der Waals surface area contributed by atoms with Crippen molar-refractivity contribution in [3.63, 3.8) is 0 Å². The predicted molar refractivity (Wildman–Crippen MR) is 80.5 cm³/mol. The van der Waals surface area contributed by atoms with E-state index < -0.39 is 10.0 Å². The summed E-state index contributed by atoms with van der Waals surface area (Å²) >= 11 is 0. The molecule has 0 spiro atoms. The van der Waals surface area contributed by atoms with Crippen molar-refractivity contribution in [2.45, 2.75) is 18.0 Å². The number of hydrogen-bond donors (Lipinski definition) is 3. The second kappa shape index (κ2) is 7.10. The molecule has 118 valence electrons. The van der Waals surface area contributed by atoms with Gasteiger partial charge < -0.3 is 15.1 Å². The third-order valence-electron chi connectivity index (χ3n) is 2.99. The SMILES string of the molecule is CNS(=O)(=O)c1ccc(CNC(=O)NCc2ccoc2)cc1. The van der Waals surface area contributed by atoms with Crippen LogP contribution in [0.2, 0.25) is 0 Å². The number of furan rings is 1. The molecule has 1 aromatic heterocycles. The molecule has 0 saturated heterocycles. The Labute approximate surface area is 128 Å². The van der Waals surface area contributed by atoms with Gasteiger partial charge in [0.05, 0.1) is 17.4 Å². The minimum Gasteiger partial charge on any atom is -0.472 e. The van der Waals surface area contributed by atoms with E-state index in [-0.39, 0.29) is 10.9 Å². The molecule has 2 aromatic rings. The van der Waals surface area contributed by atoms with E-state index in [1.54, 1.807) is 24.5 Å². The summed E-state index contributed by atoms with van der Waals surface area (Å²) in [5.74, 6) is 0. The molecular weight excluding hydrogens is 306 g/mol. The monoisotopic (exact) mass is 323 g/mol. The quantitative estimate of drug-likeness (QED) is 0.743. The van der Waals surface area contributed by atoms with Crippen LogP contribution in [0.1, 0.15) is 11.1 Å². The number of benzene rings is 1. The fourth-order valence-electron chi connectivity index (χ4n) is 1.72. The van der Waals surface area contributed by atoms with Crippen molar-refractivity contribution < 1.29 is 17.6 Å². The van der Waals surface area contributed by atoms with Crippen molar-refractivity contribution in [3.8, 4) is 0 Å². The predicted octanol–water partition coefficient (Wildman–Crippen LogP) is 1.19. The minimum atomic E-state index is -3.44. The van der Waals surface area contributed by atoms with E-state index in [1.807, 2.05) is 0 Å². The summed E-state index contributed by atoms with van der Waals surface area (Å²) in [5.41, 5.74) is 1.67. The molecule has 22 heavy (non-hydrogen) atoms. The molecule has 0 radical (unpaired) electrons. The molecule has 0 bridgehead atoms. The Bertz CT molecular complexity index is 709. The number of urea groups is 1. The van der Waals surface area contributed by atoms with Crippen LogP contribution in [-0.4, -0.2) is 21.5 Å². The molecule has 1 aromatic carbocycles. The lowest BCUT2D eigenvalue weighted by Gasteiger charge is -2.08. The maximum atomic E-state index is 11.6. The van der Waals surface area contributed by atoms with Gasteiger partial charge in [-0.3, -0.25) is 0 Å². The molecule has 0 unspecified atom stereocenters. The Morgan fingerprint density at radius 2 is 1.68 bits per heavy atom. The Hall–Kier alpha value is -2.32. The van der Waals surface area contributed by atoms with Crippen molar-refractivity contribution in [2.24, 2.45) is 0 Å². The lowest BCUT2D eigenvalue weighted by Crippen LogP contribution is -2.34. The van der Waals surface area contributed by atoms with E-state index in [9.17, 15) is 13.2 Å². The molecule has 0 fully saturated rings. The van der Waals surface area contributed by atoms with Gasteiger partial charge >= 0.3 is 6.03 Å².